The molecule has 0 aliphatic carbocycles. The van der Waals surface area contributed by atoms with Crippen molar-refractivity contribution in [2.45, 2.75) is 51.4 Å². The molecule has 0 radical (unpaired) electrons. The fraction of sp³-hybridized carbons (Fsp3) is 0.391. The van der Waals surface area contributed by atoms with Gasteiger partial charge in [0.2, 0.25) is 0 Å². The van der Waals surface area contributed by atoms with E-state index in [0.717, 1.165) is 35.9 Å². The Morgan fingerprint density at radius 2 is 1.50 bits per heavy atom. The Labute approximate surface area is 160 Å². The van der Waals surface area contributed by atoms with Crippen LogP contribution in [0.5, 0.6) is 5.75 Å². The summed E-state index contributed by atoms with van der Waals surface area (Å²) in [4.78, 5) is 0. The Balaban J connectivity index is 2.27. The van der Waals surface area contributed by atoms with Crippen molar-refractivity contribution in [3.05, 3.63) is 71.8 Å². The van der Waals surface area contributed by atoms with E-state index in [-0.39, 0.29) is 6.10 Å². The van der Waals surface area contributed by atoms with Crippen molar-refractivity contribution in [2.24, 2.45) is 0 Å². The maximum atomic E-state index is 6.86. The van der Waals surface area contributed by atoms with Crippen molar-refractivity contribution in [3.8, 4) is 5.75 Å². The number of para-hydroxylation sites is 1. The minimum atomic E-state index is -1.72. The predicted octanol–water partition coefficient (Wildman–Crippen LogP) is 6.86. The van der Waals surface area contributed by atoms with E-state index in [4.69, 9.17) is 9.16 Å². The van der Waals surface area contributed by atoms with Crippen LogP contribution in [-0.4, -0.2) is 15.4 Å². The Morgan fingerprint density at radius 1 is 0.885 bits per heavy atom. The van der Waals surface area contributed by atoms with Gasteiger partial charge in [-0.05, 0) is 36.2 Å². The molecular formula is C23H32O2Si. The minimum Gasteiger partial charge on any atom is -0.496 e. The molecular weight excluding hydrogens is 336 g/mol. The minimum absolute atomic E-state index is 0.0395. The van der Waals surface area contributed by atoms with Crippen LogP contribution < -0.4 is 4.74 Å². The quantitative estimate of drug-likeness (QED) is 0.426. The van der Waals surface area contributed by atoms with Gasteiger partial charge in [-0.15, -0.1) is 0 Å². The lowest BCUT2D eigenvalue weighted by atomic mass is 10.0. The van der Waals surface area contributed by atoms with Gasteiger partial charge in [-0.2, -0.15) is 0 Å². The lowest BCUT2D eigenvalue weighted by Gasteiger charge is -2.33. The zero-order valence-electron chi connectivity index (χ0n) is 16.6. The van der Waals surface area contributed by atoms with Crippen LogP contribution in [0, 0.1) is 0 Å². The summed E-state index contributed by atoms with van der Waals surface area (Å²) in [5, 5.41) is 0. The standard InChI is InChI=1S/C23H32O2Si/c1-5-26(6-2,7-3)25-23(21-17-11-12-18-22(21)24-4)19-13-16-20-14-9-8-10-15-20/h8-18,23H,5-7,19H2,1-4H3/b16-13+. The molecule has 0 saturated carbocycles. The highest BCUT2D eigenvalue weighted by molar-refractivity contribution is 6.73. The van der Waals surface area contributed by atoms with E-state index >= 15 is 0 Å². The smallest absolute Gasteiger partial charge is 0.192 e. The lowest BCUT2D eigenvalue weighted by molar-refractivity contribution is 0.188. The summed E-state index contributed by atoms with van der Waals surface area (Å²) in [6.07, 6.45) is 5.30. The molecule has 0 spiro atoms. The molecule has 0 heterocycles. The average Bonchev–Trinajstić information content (AvgIpc) is 2.72. The summed E-state index contributed by atoms with van der Waals surface area (Å²) < 4.78 is 12.5. The van der Waals surface area contributed by atoms with Crippen LogP contribution in [0.4, 0.5) is 0 Å². The SMILES string of the molecule is CC[Si](CC)(CC)OC(C/C=C/c1ccccc1)c1ccccc1OC. The van der Waals surface area contributed by atoms with E-state index < -0.39 is 8.32 Å². The number of hydrogen-bond acceptors (Lipinski definition) is 2. The Kier molecular flexibility index (Phi) is 8.14. The monoisotopic (exact) mass is 368 g/mol. The van der Waals surface area contributed by atoms with E-state index in [1.54, 1.807) is 7.11 Å². The van der Waals surface area contributed by atoms with Gasteiger partial charge in [0, 0.05) is 5.56 Å². The molecule has 0 aliphatic rings. The van der Waals surface area contributed by atoms with Crippen molar-refractivity contribution >= 4 is 14.4 Å². The van der Waals surface area contributed by atoms with E-state index in [9.17, 15) is 0 Å². The molecule has 0 amide bonds. The van der Waals surface area contributed by atoms with Crippen molar-refractivity contribution in [1.82, 2.24) is 0 Å². The normalized spacial score (nSPS) is 13.1. The molecule has 2 aromatic carbocycles. The largest absolute Gasteiger partial charge is 0.496 e. The van der Waals surface area contributed by atoms with Crippen molar-refractivity contribution in [1.29, 1.82) is 0 Å². The van der Waals surface area contributed by atoms with Gasteiger partial charge in [0.15, 0.2) is 8.32 Å². The highest BCUT2D eigenvalue weighted by Crippen LogP contribution is 2.36. The molecule has 26 heavy (non-hydrogen) atoms. The number of benzene rings is 2. The number of methoxy groups -OCH3 is 1. The molecule has 0 fully saturated rings. The lowest BCUT2D eigenvalue weighted by Crippen LogP contribution is -2.37. The number of rotatable bonds is 10. The van der Waals surface area contributed by atoms with Crippen LogP contribution in [0.25, 0.3) is 6.08 Å². The van der Waals surface area contributed by atoms with Crippen LogP contribution in [0.3, 0.4) is 0 Å². The number of hydrogen-bond donors (Lipinski definition) is 0. The van der Waals surface area contributed by atoms with Crippen LogP contribution in [0.1, 0.15) is 44.4 Å². The third kappa shape index (κ3) is 5.32. The van der Waals surface area contributed by atoms with Crippen LogP contribution in [0.15, 0.2) is 60.7 Å². The van der Waals surface area contributed by atoms with E-state index in [1.807, 2.05) is 18.2 Å². The number of ether oxygens (including phenoxy) is 1. The maximum absolute atomic E-state index is 6.86. The van der Waals surface area contributed by atoms with Crippen LogP contribution >= 0.6 is 0 Å². The molecule has 1 atom stereocenters. The average molecular weight is 369 g/mol. The highest BCUT2D eigenvalue weighted by atomic mass is 28.4. The third-order valence-corrected chi connectivity index (χ3v) is 9.92. The molecule has 0 N–H and O–H groups in total. The van der Waals surface area contributed by atoms with Gasteiger partial charge in [-0.25, -0.2) is 0 Å². The molecule has 2 aromatic rings. The summed E-state index contributed by atoms with van der Waals surface area (Å²) in [5.74, 6) is 0.914. The maximum Gasteiger partial charge on any atom is 0.192 e. The molecule has 1 unspecified atom stereocenters. The topological polar surface area (TPSA) is 18.5 Å². The summed E-state index contributed by atoms with van der Waals surface area (Å²) in [5.41, 5.74) is 2.37. The van der Waals surface area contributed by atoms with Crippen LogP contribution in [-0.2, 0) is 4.43 Å². The zero-order chi connectivity index (χ0) is 18.8. The first-order valence-corrected chi connectivity index (χ1v) is 12.2. The summed E-state index contributed by atoms with van der Waals surface area (Å²) in [7, 11) is 0.0183. The van der Waals surface area contributed by atoms with Gasteiger partial charge >= 0.3 is 0 Å². The van der Waals surface area contributed by atoms with Crippen LogP contribution in [0.2, 0.25) is 18.1 Å². The highest BCUT2D eigenvalue weighted by Gasteiger charge is 2.33. The Morgan fingerprint density at radius 3 is 2.12 bits per heavy atom. The fourth-order valence-electron chi connectivity index (χ4n) is 3.36. The second-order valence-electron chi connectivity index (χ2n) is 6.64. The van der Waals surface area contributed by atoms with E-state index in [2.05, 4.69) is 69.3 Å². The molecule has 0 bridgehead atoms. The first-order chi connectivity index (χ1) is 12.7. The fourth-order valence-corrected chi connectivity index (χ4v) is 6.19. The molecule has 0 saturated heterocycles. The Bertz CT molecular complexity index is 669. The molecule has 0 aliphatic heterocycles. The summed E-state index contributed by atoms with van der Waals surface area (Å²) >= 11 is 0. The van der Waals surface area contributed by atoms with Gasteiger partial charge in [0.05, 0.1) is 13.2 Å². The summed E-state index contributed by atoms with van der Waals surface area (Å²) in [6.45, 7) is 6.83. The molecule has 2 rings (SSSR count). The van der Waals surface area contributed by atoms with Gasteiger partial charge in [-0.1, -0.05) is 81.5 Å². The van der Waals surface area contributed by atoms with Gasteiger partial charge in [0.25, 0.3) is 0 Å². The summed E-state index contributed by atoms with van der Waals surface area (Å²) in [6, 6.07) is 22.1. The van der Waals surface area contributed by atoms with Crippen molar-refractivity contribution in [3.63, 3.8) is 0 Å². The second kappa shape index (κ2) is 10.3. The zero-order valence-corrected chi connectivity index (χ0v) is 17.6. The Hall–Kier alpha value is -1.84. The van der Waals surface area contributed by atoms with Gasteiger partial charge < -0.3 is 9.16 Å². The van der Waals surface area contributed by atoms with Gasteiger partial charge in [-0.3, -0.25) is 0 Å². The predicted molar refractivity (Wildman–Crippen MR) is 114 cm³/mol. The van der Waals surface area contributed by atoms with E-state index in [0.29, 0.717) is 0 Å². The second-order valence-corrected chi connectivity index (χ2v) is 11.4. The first kappa shape index (κ1) is 20.5. The van der Waals surface area contributed by atoms with Crippen molar-refractivity contribution < 1.29 is 9.16 Å². The molecule has 0 aromatic heterocycles. The van der Waals surface area contributed by atoms with Crippen molar-refractivity contribution in [2.75, 3.05) is 7.11 Å². The van der Waals surface area contributed by atoms with E-state index in [1.165, 1.54) is 5.56 Å². The first-order valence-electron chi connectivity index (χ1n) is 9.70. The molecule has 140 valence electrons. The van der Waals surface area contributed by atoms with Gasteiger partial charge in [0.1, 0.15) is 5.75 Å². The molecule has 2 nitrogen and oxygen atoms in total. The molecule has 3 heteroatoms. The third-order valence-electron chi connectivity index (χ3n) is 5.27.